The number of hydrogen-bond acceptors (Lipinski definition) is 8. The molecule has 1 atom stereocenters. The Morgan fingerprint density at radius 1 is 1.39 bits per heavy atom. The smallest absolute Gasteiger partial charge is 0.240 e. The second-order valence-corrected chi connectivity index (χ2v) is 7.79. The van der Waals surface area contributed by atoms with Crippen molar-refractivity contribution in [3.63, 3.8) is 0 Å². The minimum absolute atomic E-state index is 0.00219. The first kappa shape index (κ1) is 14.8. The number of tetrazole rings is 1. The van der Waals surface area contributed by atoms with Crippen molar-refractivity contribution in [2.45, 2.75) is 49.1 Å². The van der Waals surface area contributed by atoms with Crippen LogP contribution in [0.15, 0.2) is 27.2 Å². The van der Waals surface area contributed by atoms with E-state index < -0.39 is 0 Å². The van der Waals surface area contributed by atoms with E-state index in [4.69, 9.17) is 4.52 Å². The van der Waals surface area contributed by atoms with Crippen molar-refractivity contribution in [2.24, 2.45) is 0 Å². The molecule has 0 aliphatic heterocycles. The van der Waals surface area contributed by atoms with Crippen LogP contribution >= 0.6 is 23.1 Å². The number of rotatable bonds is 5. The Balaban J connectivity index is 1.50. The van der Waals surface area contributed by atoms with Crippen LogP contribution in [0.4, 0.5) is 0 Å². The number of thiophene rings is 1. The van der Waals surface area contributed by atoms with Crippen LogP contribution in [0.3, 0.4) is 0 Å². The van der Waals surface area contributed by atoms with Gasteiger partial charge in [0.15, 0.2) is 0 Å². The van der Waals surface area contributed by atoms with Gasteiger partial charge in [-0.3, -0.25) is 0 Å². The molecule has 1 aliphatic rings. The second kappa shape index (κ2) is 6.40. The van der Waals surface area contributed by atoms with E-state index in [-0.39, 0.29) is 5.25 Å². The molecule has 0 radical (unpaired) electrons. The lowest BCUT2D eigenvalue weighted by molar-refractivity contribution is 0.380. The summed E-state index contributed by atoms with van der Waals surface area (Å²) in [5.74, 6) is 1.23. The topological polar surface area (TPSA) is 82.5 Å². The van der Waals surface area contributed by atoms with Crippen LogP contribution in [-0.2, 0) is 0 Å². The average Bonchev–Trinajstić information content (AvgIpc) is 3.31. The van der Waals surface area contributed by atoms with E-state index in [9.17, 15) is 0 Å². The van der Waals surface area contributed by atoms with Gasteiger partial charge in [0.2, 0.25) is 16.9 Å². The fourth-order valence-electron chi connectivity index (χ4n) is 2.76. The Labute approximate surface area is 141 Å². The summed E-state index contributed by atoms with van der Waals surface area (Å²) in [7, 11) is 0. The van der Waals surface area contributed by atoms with E-state index in [1.807, 2.05) is 29.1 Å². The van der Waals surface area contributed by atoms with Crippen molar-refractivity contribution < 1.29 is 4.52 Å². The van der Waals surface area contributed by atoms with Gasteiger partial charge in [0.05, 0.1) is 16.2 Å². The maximum absolute atomic E-state index is 5.41. The molecule has 1 aliphatic carbocycles. The summed E-state index contributed by atoms with van der Waals surface area (Å²) in [6.45, 7) is 2.03. The SMILES string of the molecule is CC(Sc1nnnn1C1CCCC1)c1nc(-c2cccs2)no1. The summed E-state index contributed by atoms with van der Waals surface area (Å²) in [6, 6.07) is 4.38. The maximum Gasteiger partial charge on any atom is 0.240 e. The van der Waals surface area contributed by atoms with Crippen molar-refractivity contribution in [3.05, 3.63) is 23.4 Å². The Morgan fingerprint density at radius 3 is 3.04 bits per heavy atom. The van der Waals surface area contributed by atoms with Crippen molar-refractivity contribution >= 4 is 23.1 Å². The van der Waals surface area contributed by atoms with E-state index in [2.05, 4.69) is 25.7 Å². The lowest BCUT2D eigenvalue weighted by Gasteiger charge is -2.12. The summed E-state index contributed by atoms with van der Waals surface area (Å²) in [5, 5.41) is 19.0. The van der Waals surface area contributed by atoms with Gasteiger partial charge in [-0.05, 0) is 41.6 Å². The minimum Gasteiger partial charge on any atom is -0.338 e. The van der Waals surface area contributed by atoms with Crippen molar-refractivity contribution in [1.82, 2.24) is 30.3 Å². The molecular weight excluding hydrogens is 332 g/mol. The summed E-state index contributed by atoms with van der Waals surface area (Å²) in [5.41, 5.74) is 0. The predicted octanol–water partition coefficient (Wildman–Crippen LogP) is 3.75. The Hall–Kier alpha value is -1.74. The van der Waals surface area contributed by atoms with Crippen LogP contribution in [0.1, 0.15) is 49.8 Å². The third kappa shape index (κ3) is 3.02. The Morgan fingerprint density at radius 2 is 2.26 bits per heavy atom. The summed E-state index contributed by atoms with van der Waals surface area (Å²) < 4.78 is 7.36. The van der Waals surface area contributed by atoms with Gasteiger partial charge in [0, 0.05) is 0 Å². The standard InChI is InChI=1S/C14H16N6OS2/c1-9(13-15-12(17-21-13)11-7-4-8-22-11)23-14-16-18-19-20(14)10-5-2-3-6-10/h4,7-10H,2-3,5-6H2,1H3. The van der Waals surface area contributed by atoms with Crippen LogP contribution in [0, 0.1) is 0 Å². The minimum atomic E-state index is 0.00219. The molecule has 0 spiro atoms. The third-order valence-electron chi connectivity index (χ3n) is 3.95. The van der Waals surface area contributed by atoms with Crippen molar-refractivity contribution in [3.8, 4) is 10.7 Å². The van der Waals surface area contributed by atoms with E-state index >= 15 is 0 Å². The van der Waals surface area contributed by atoms with Crippen LogP contribution in [-0.4, -0.2) is 30.3 Å². The van der Waals surface area contributed by atoms with E-state index in [0.717, 1.165) is 22.9 Å². The lowest BCUT2D eigenvalue weighted by Crippen LogP contribution is -2.08. The van der Waals surface area contributed by atoms with Crippen LogP contribution in [0.5, 0.6) is 0 Å². The number of hydrogen-bond donors (Lipinski definition) is 0. The number of thioether (sulfide) groups is 1. The van der Waals surface area contributed by atoms with E-state index in [0.29, 0.717) is 17.8 Å². The molecule has 0 bridgehead atoms. The van der Waals surface area contributed by atoms with Gasteiger partial charge in [0.1, 0.15) is 0 Å². The average molecular weight is 348 g/mol. The highest BCUT2D eigenvalue weighted by Crippen LogP contribution is 2.37. The van der Waals surface area contributed by atoms with Gasteiger partial charge in [-0.25, -0.2) is 4.68 Å². The molecule has 0 amide bonds. The maximum atomic E-state index is 5.41. The molecule has 23 heavy (non-hydrogen) atoms. The van der Waals surface area contributed by atoms with Gasteiger partial charge in [-0.2, -0.15) is 4.98 Å². The van der Waals surface area contributed by atoms with Gasteiger partial charge in [0.25, 0.3) is 0 Å². The van der Waals surface area contributed by atoms with Gasteiger partial charge in [-0.15, -0.1) is 16.4 Å². The molecular formula is C14H16N6OS2. The van der Waals surface area contributed by atoms with E-state index in [1.54, 1.807) is 23.1 Å². The molecule has 0 saturated heterocycles. The fourth-order valence-corrected chi connectivity index (χ4v) is 4.29. The molecule has 3 aromatic rings. The second-order valence-electron chi connectivity index (χ2n) is 5.54. The van der Waals surface area contributed by atoms with Crippen LogP contribution in [0.25, 0.3) is 10.7 Å². The molecule has 0 N–H and O–H groups in total. The molecule has 9 heteroatoms. The van der Waals surface area contributed by atoms with Gasteiger partial charge < -0.3 is 4.52 Å². The lowest BCUT2D eigenvalue weighted by atomic mass is 10.3. The summed E-state index contributed by atoms with van der Waals surface area (Å²) >= 11 is 3.16. The molecule has 1 fully saturated rings. The fraction of sp³-hybridized carbons (Fsp3) is 0.500. The molecule has 7 nitrogen and oxygen atoms in total. The Bertz CT molecular complexity index is 762. The quantitative estimate of drug-likeness (QED) is 0.649. The highest BCUT2D eigenvalue weighted by molar-refractivity contribution is 7.99. The predicted molar refractivity (Wildman–Crippen MR) is 87.2 cm³/mol. The van der Waals surface area contributed by atoms with Crippen molar-refractivity contribution in [1.29, 1.82) is 0 Å². The molecule has 120 valence electrons. The van der Waals surface area contributed by atoms with E-state index in [1.165, 1.54) is 12.8 Å². The molecule has 3 heterocycles. The Kier molecular flexibility index (Phi) is 4.13. The third-order valence-corrected chi connectivity index (χ3v) is 5.85. The zero-order chi connectivity index (χ0) is 15.6. The van der Waals surface area contributed by atoms with Crippen molar-refractivity contribution in [2.75, 3.05) is 0 Å². The monoisotopic (exact) mass is 348 g/mol. The number of aromatic nitrogens is 6. The van der Waals surface area contributed by atoms with Gasteiger partial charge in [-0.1, -0.05) is 35.8 Å². The molecule has 4 rings (SSSR count). The largest absolute Gasteiger partial charge is 0.338 e. The first-order valence-electron chi connectivity index (χ1n) is 7.63. The highest BCUT2D eigenvalue weighted by Gasteiger charge is 2.25. The first-order chi connectivity index (χ1) is 11.3. The normalized spacial score (nSPS) is 16.9. The number of nitrogens with zero attached hydrogens (tertiary/aromatic N) is 6. The zero-order valence-electron chi connectivity index (χ0n) is 12.6. The summed E-state index contributed by atoms with van der Waals surface area (Å²) in [4.78, 5) is 5.50. The molecule has 1 saturated carbocycles. The van der Waals surface area contributed by atoms with Crippen LogP contribution < -0.4 is 0 Å². The molecule has 3 aromatic heterocycles. The molecule has 1 unspecified atom stereocenters. The highest BCUT2D eigenvalue weighted by atomic mass is 32.2. The van der Waals surface area contributed by atoms with Gasteiger partial charge >= 0.3 is 0 Å². The zero-order valence-corrected chi connectivity index (χ0v) is 14.3. The van der Waals surface area contributed by atoms with Crippen LogP contribution in [0.2, 0.25) is 0 Å². The first-order valence-corrected chi connectivity index (χ1v) is 9.39. The summed E-state index contributed by atoms with van der Waals surface area (Å²) in [6.07, 6.45) is 4.79. The molecule has 0 aromatic carbocycles.